The number of nitrogens with zero attached hydrogens (tertiary/aromatic N) is 3. The summed E-state index contributed by atoms with van der Waals surface area (Å²) in [6, 6.07) is 0. The fraction of sp³-hybridized carbons (Fsp3) is 0.500. The van der Waals surface area contributed by atoms with E-state index in [2.05, 4.69) is 4.98 Å². The normalized spacial score (nSPS) is 11.4. The van der Waals surface area contributed by atoms with Gasteiger partial charge in [0, 0.05) is 20.3 Å². The summed E-state index contributed by atoms with van der Waals surface area (Å²) in [6.07, 6.45) is 2.62. The lowest BCUT2D eigenvalue weighted by Crippen LogP contribution is -2.27. The molecule has 0 unspecified atom stereocenters. The van der Waals surface area contributed by atoms with Crippen LogP contribution in [0.15, 0.2) is 12.5 Å². The Morgan fingerprint density at radius 3 is 2.50 bits per heavy atom. The molecule has 0 spiro atoms. The SMILES string of the molecule is CN(C)S(=O)(=O)n1cnc(CCl)c1.Cl. The summed E-state index contributed by atoms with van der Waals surface area (Å²) in [4.78, 5) is 3.81. The first-order valence-corrected chi connectivity index (χ1v) is 5.43. The van der Waals surface area contributed by atoms with Gasteiger partial charge < -0.3 is 0 Å². The molecule has 0 amide bonds. The van der Waals surface area contributed by atoms with Gasteiger partial charge in [0.2, 0.25) is 0 Å². The third kappa shape index (κ3) is 2.60. The zero-order chi connectivity index (χ0) is 10.1. The lowest BCUT2D eigenvalue weighted by atomic mass is 10.6. The van der Waals surface area contributed by atoms with Crippen LogP contribution in [0.1, 0.15) is 5.69 Å². The first-order chi connectivity index (χ1) is 5.98. The van der Waals surface area contributed by atoms with Crippen molar-refractivity contribution >= 4 is 34.2 Å². The van der Waals surface area contributed by atoms with Crippen LogP contribution < -0.4 is 0 Å². The van der Waals surface area contributed by atoms with Gasteiger partial charge in [-0.15, -0.1) is 24.0 Å². The van der Waals surface area contributed by atoms with Gasteiger partial charge in [0.25, 0.3) is 0 Å². The van der Waals surface area contributed by atoms with Gasteiger partial charge in [-0.25, -0.2) is 8.96 Å². The van der Waals surface area contributed by atoms with Crippen molar-refractivity contribution in [2.45, 2.75) is 5.88 Å². The molecule has 0 aliphatic rings. The van der Waals surface area contributed by atoms with Crippen LogP contribution in [-0.2, 0) is 16.1 Å². The Balaban J connectivity index is 0.00000169. The summed E-state index contributed by atoms with van der Waals surface area (Å²) in [5.41, 5.74) is 0.534. The summed E-state index contributed by atoms with van der Waals surface area (Å²) in [5, 5.41) is 0. The van der Waals surface area contributed by atoms with Crippen LogP contribution >= 0.6 is 24.0 Å². The van der Waals surface area contributed by atoms with Gasteiger partial charge in [0.05, 0.1) is 11.6 Å². The summed E-state index contributed by atoms with van der Waals surface area (Å²) >= 11 is 5.49. The Kier molecular flexibility index (Phi) is 4.87. The average Bonchev–Trinajstić information content (AvgIpc) is 2.51. The highest BCUT2D eigenvalue weighted by molar-refractivity contribution is 7.87. The van der Waals surface area contributed by atoms with Gasteiger partial charge in [0.1, 0.15) is 6.33 Å². The largest absolute Gasteiger partial charge is 0.308 e. The molecule has 0 fully saturated rings. The smallest absolute Gasteiger partial charge is 0.239 e. The summed E-state index contributed by atoms with van der Waals surface area (Å²) in [5.74, 6) is 0.204. The molecule has 0 aromatic carbocycles. The van der Waals surface area contributed by atoms with Crippen molar-refractivity contribution in [3.05, 3.63) is 18.2 Å². The molecular weight excluding hydrogens is 249 g/mol. The lowest BCUT2D eigenvalue weighted by molar-refractivity contribution is 0.510. The molecule has 0 atom stereocenters. The van der Waals surface area contributed by atoms with Gasteiger partial charge in [-0.3, -0.25) is 0 Å². The molecule has 1 heterocycles. The molecule has 1 rings (SSSR count). The zero-order valence-corrected chi connectivity index (χ0v) is 10.1. The Bertz CT molecular complexity index is 388. The van der Waals surface area contributed by atoms with E-state index in [4.69, 9.17) is 11.6 Å². The predicted octanol–water partition coefficient (Wildman–Crippen LogP) is 0.698. The molecule has 1 aromatic heterocycles. The number of rotatable bonds is 3. The van der Waals surface area contributed by atoms with E-state index >= 15 is 0 Å². The molecule has 0 aliphatic carbocycles. The van der Waals surface area contributed by atoms with Crippen LogP contribution in [0.3, 0.4) is 0 Å². The summed E-state index contributed by atoms with van der Waals surface area (Å²) in [6.45, 7) is 0. The van der Waals surface area contributed by atoms with Crippen LogP contribution in [0.2, 0.25) is 0 Å². The standard InChI is InChI=1S/C6H10ClN3O2S.ClH/c1-9(2)13(11,12)10-4-6(3-7)8-5-10;/h4-5H,3H2,1-2H3;1H. The van der Waals surface area contributed by atoms with Crippen molar-refractivity contribution < 1.29 is 8.42 Å². The monoisotopic (exact) mass is 259 g/mol. The van der Waals surface area contributed by atoms with Gasteiger partial charge in [-0.1, -0.05) is 0 Å². The Morgan fingerprint density at radius 1 is 1.57 bits per heavy atom. The van der Waals surface area contributed by atoms with Crippen LogP contribution in [0.5, 0.6) is 0 Å². The third-order valence-electron chi connectivity index (χ3n) is 1.48. The van der Waals surface area contributed by atoms with Crippen molar-refractivity contribution in [1.29, 1.82) is 0 Å². The maximum Gasteiger partial charge on any atom is 0.308 e. The maximum atomic E-state index is 11.5. The molecule has 0 saturated carbocycles. The summed E-state index contributed by atoms with van der Waals surface area (Å²) < 4.78 is 25.1. The molecule has 0 N–H and O–H groups in total. The van der Waals surface area contributed by atoms with E-state index in [1.165, 1.54) is 26.6 Å². The van der Waals surface area contributed by atoms with Crippen molar-refractivity contribution in [1.82, 2.24) is 13.3 Å². The molecule has 0 bridgehead atoms. The number of imidazole rings is 1. The van der Waals surface area contributed by atoms with E-state index < -0.39 is 10.2 Å². The molecule has 0 saturated heterocycles. The zero-order valence-electron chi connectivity index (χ0n) is 7.71. The maximum absolute atomic E-state index is 11.5. The Labute approximate surface area is 94.3 Å². The van der Waals surface area contributed by atoms with E-state index in [0.717, 1.165) is 8.28 Å². The lowest BCUT2D eigenvalue weighted by Gasteiger charge is -2.10. The second-order valence-corrected chi connectivity index (χ2v) is 4.93. The van der Waals surface area contributed by atoms with Gasteiger partial charge >= 0.3 is 10.2 Å². The minimum Gasteiger partial charge on any atom is -0.239 e. The minimum atomic E-state index is -3.44. The number of alkyl halides is 1. The van der Waals surface area contributed by atoms with E-state index in [9.17, 15) is 8.42 Å². The van der Waals surface area contributed by atoms with Crippen molar-refractivity contribution in [2.75, 3.05) is 14.1 Å². The van der Waals surface area contributed by atoms with Crippen molar-refractivity contribution in [2.24, 2.45) is 0 Å². The highest BCUT2D eigenvalue weighted by atomic mass is 35.5. The Morgan fingerprint density at radius 2 is 2.14 bits per heavy atom. The molecule has 8 heteroatoms. The van der Waals surface area contributed by atoms with E-state index in [1.807, 2.05) is 0 Å². The number of hydrogen-bond donors (Lipinski definition) is 0. The molecule has 82 valence electrons. The van der Waals surface area contributed by atoms with Crippen LogP contribution in [-0.4, -0.2) is 35.8 Å². The first-order valence-electron chi connectivity index (χ1n) is 3.50. The molecule has 5 nitrogen and oxygen atoms in total. The fourth-order valence-corrected chi connectivity index (χ4v) is 1.66. The average molecular weight is 260 g/mol. The van der Waals surface area contributed by atoms with Crippen LogP contribution in [0.25, 0.3) is 0 Å². The first kappa shape index (κ1) is 13.7. The predicted molar refractivity (Wildman–Crippen MR) is 57.0 cm³/mol. The second kappa shape index (κ2) is 4.97. The van der Waals surface area contributed by atoms with Gasteiger partial charge in [-0.2, -0.15) is 12.7 Å². The van der Waals surface area contributed by atoms with E-state index in [1.54, 1.807) is 0 Å². The minimum absolute atomic E-state index is 0. The van der Waals surface area contributed by atoms with Gasteiger partial charge in [-0.05, 0) is 0 Å². The quantitative estimate of drug-likeness (QED) is 0.752. The van der Waals surface area contributed by atoms with Crippen molar-refractivity contribution in [3.8, 4) is 0 Å². The molecule has 0 aliphatic heterocycles. The molecule has 14 heavy (non-hydrogen) atoms. The summed E-state index contributed by atoms with van der Waals surface area (Å²) in [7, 11) is -0.529. The van der Waals surface area contributed by atoms with Gasteiger partial charge in [0.15, 0.2) is 0 Å². The van der Waals surface area contributed by atoms with E-state index in [-0.39, 0.29) is 18.3 Å². The third-order valence-corrected chi connectivity index (χ3v) is 3.41. The molecule has 0 radical (unpaired) electrons. The molecule has 1 aromatic rings. The second-order valence-electron chi connectivity index (χ2n) is 2.62. The van der Waals surface area contributed by atoms with Crippen LogP contribution in [0, 0.1) is 0 Å². The molecular formula is C6H11Cl2N3O2S. The highest BCUT2D eigenvalue weighted by Gasteiger charge is 2.15. The number of hydrogen-bond acceptors (Lipinski definition) is 3. The number of halogens is 2. The Hall–Kier alpha value is -0.300. The topological polar surface area (TPSA) is 55.2 Å². The van der Waals surface area contributed by atoms with Crippen molar-refractivity contribution in [3.63, 3.8) is 0 Å². The van der Waals surface area contributed by atoms with Crippen LogP contribution in [0.4, 0.5) is 0 Å². The van der Waals surface area contributed by atoms with E-state index in [0.29, 0.717) is 5.69 Å². The highest BCUT2D eigenvalue weighted by Crippen LogP contribution is 2.05. The fourth-order valence-electron chi connectivity index (χ4n) is 0.728. The number of aromatic nitrogens is 2.